The maximum absolute atomic E-state index is 11.9. The van der Waals surface area contributed by atoms with Gasteiger partial charge in [-0.25, -0.2) is 4.79 Å². The van der Waals surface area contributed by atoms with Crippen LogP contribution in [0.15, 0.2) is 0 Å². The molecule has 0 saturated heterocycles. The summed E-state index contributed by atoms with van der Waals surface area (Å²) in [6.07, 6.45) is 0. The van der Waals surface area contributed by atoms with Crippen LogP contribution < -0.4 is 0 Å². The van der Waals surface area contributed by atoms with Crippen molar-refractivity contribution in [3.8, 4) is 0 Å². The zero-order chi connectivity index (χ0) is 14.3. The van der Waals surface area contributed by atoms with Crippen molar-refractivity contribution in [2.45, 2.75) is 33.7 Å². The van der Waals surface area contributed by atoms with E-state index in [1.54, 1.807) is 6.92 Å². The summed E-state index contributed by atoms with van der Waals surface area (Å²) in [5.41, 5.74) is 0. The Hall–Kier alpha value is -0.910. The van der Waals surface area contributed by atoms with Gasteiger partial charge in [-0.3, -0.25) is 9.59 Å². The standard InChI is InChI=1S/C12H20BrNO4/c1-5-18-12(17)11(8(2)3)14(7-9(4)15)10(16)6-13/h8,11H,5-7H2,1-4H3/t11-/m0/s1. The van der Waals surface area contributed by atoms with Gasteiger partial charge in [-0.1, -0.05) is 29.8 Å². The highest BCUT2D eigenvalue weighted by atomic mass is 79.9. The van der Waals surface area contributed by atoms with E-state index >= 15 is 0 Å². The predicted molar refractivity (Wildman–Crippen MR) is 71.4 cm³/mol. The lowest BCUT2D eigenvalue weighted by Crippen LogP contribution is -2.51. The number of amides is 1. The highest BCUT2D eigenvalue weighted by molar-refractivity contribution is 9.09. The topological polar surface area (TPSA) is 63.7 Å². The molecule has 1 amide bonds. The minimum Gasteiger partial charge on any atom is -0.464 e. The minimum atomic E-state index is -0.723. The second kappa shape index (κ2) is 8.24. The number of hydrogen-bond donors (Lipinski definition) is 0. The van der Waals surface area contributed by atoms with E-state index in [0.717, 1.165) is 0 Å². The third kappa shape index (κ3) is 5.16. The van der Waals surface area contributed by atoms with Gasteiger partial charge in [0, 0.05) is 0 Å². The van der Waals surface area contributed by atoms with Crippen LogP contribution in [-0.4, -0.2) is 47.1 Å². The summed E-state index contributed by atoms with van der Waals surface area (Å²) >= 11 is 3.06. The van der Waals surface area contributed by atoms with Crippen molar-refractivity contribution < 1.29 is 19.1 Å². The maximum atomic E-state index is 11.9. The van der Waals surface area contributed by atoms with E-state index in [0.29, 0.717) is 0 Å². The lowest BCUT2D eigenvalue weighted by molar-refractivity contribution is -0.156. The van der Waals surface area contributed by atoms with Crippen molar-refractivity contribution in [1.29, 1.82) is 0 Å². The van der Waals surface area contributed by atoms with E-state index in [4.69, 9.17) is 4.74 Å². The number of ketones is 1. The summed E-state index contributed by atoms with van der Waals surface area (Å²) in [5, 5.41) is 0.0723. The Morgan fingerprint density at radius 3 is 2.17 bits per heavy atom. The van der Waals surface area contributed by atoms with Crippen molar-refractivity contribution in [3.63, 3.8) is 0 Å². The van der Waals surface area contributed by atoms with Crippen molar-refractivity contribution in [1.82, 2.24) is 4.90 Å². The number of carbonyl (C=O) groups excluding carboxylic acids is 3. The molecular weight excluding hydrogens is 302 g/mol. The molecule has 0 fully saturated rings. The zero-order valence-corrected chi connectivity index (χ0v) is 12.8. The smallest absolute Gasteiger partial charge is 0.329 e. The Balaban J connectivity index is 5.14. The maximum Gasteiger partial charge on any atom is 0.329 e. The van der Waals surface area contributed by atoms with Crippen molar-refractivity contribution >= 4 is 33.6 Å². The lowest BCUT2D eigenvalue weighted by Gasteiger charge is -2.31. The Kier molecular flexibility index (Phi) is 7.82. The molecule has 6 heteroatoms. The summed E-state index contributed by atoms with van der Waals surface area (Å²) in [7, 11) is 0. The molecule has 0 bridgehead atoms. The normalized spacial score (nSPS) is 12.1. The van der Waals surface area contributed by atoms with Crippen LogP contribution in [0.25, 0.3) is 0 Å². The number of halogens is 1. The Morgan fingerprint density at radius 2 is 1.83 bits per heavy atom. The number of rotatable bonds is 7. The van der Waals surface area contributed by atoms with Gasteiger partial charge in [0.05, 0.1) is 18.5 Å². The number of hydrogen-bond acceptors (Lipinski definition) is 4. The second-order valence-corrected chi connectivity index (χ2v) is 4.86. The molecule has 5 nitrogen and oxygen atoms in total. The molecular formula is C12H20BrNO4. The molecule has 0 radical (unpaired) electrons. The quantitative estimate of drug-likeness (QED) is 0.525. The first-order chi connectivity index (χ1) is 8.34. The van der Waals surface area contributed by atoms with Crippen LogP contribution in [0.3, 0.4) is 0 Å². The summed E-state index contributed by atoms with van der Waals surface area (Å²) in [6.45, 7) is 6.89. The molecule has 18 heavy (non-hydrogen) atoms. The Labute approximate surface area is 116 Å². The van der Waals surface area contributed by atoms with Gasteiger partial charge in [-0.2, -0.15) is 0 Å². The molecule has 0 heterocycles. The molecule has 104 valence electrons. The van der Waals surface area contributed by atoms with Crippen LogP contribution in [0.5, 0.6) is 0 Å². The van der Waals surface area contributed by atoms with Crippen LogP contribution in [-0.2, 0) is 19.1 Å². The Morgan fingerprint density at radius 1 is 1.28 bits per heavy atom. The monoisotopic (exact) mass is 321 g/mol. The number of nitrogens with zero attached hydrogens (tertiary/aromatic N) is 1. The first-order valence-corrected chi connectivity index (χ1v) is 6.98. The van der Waals surface area contributed by atoms with Crippen molar-refractivity contribution in [2.75, 3.05) is 18.5 Å². The highest BCUT2D eigenvalue weighted by Crippen LogP contribution is 2.14. The molecule has 0 aliphatic carbocycles. The number of ether oxygens (including phenoxy) is 1. The van der Waals surface area contributed by atoms with Crippen LogP contribution in [0.2, 0.25) is 0 Å². The average Bonchev–Trinajstić information content (AvgIpc) is 2.26. The summed E-state index contributed by atoms with van der Waals surface area (Å²) in [5.74, 6) is -1.05. The van der Waals surface area contributed by atoms with Crippen LogP contribution in [0, 0.1) is 5.92 Å². The van der Waals surface area contributed by atoms with Crippen molar-refractivity contribution in [3.05, 3.63) is 0 Å². The SMILES string of the molecule is CCOC(=O)[C@H](C(C)C)N(CC(C)=O)C(=O)CBr. The van der Waals surface area contributed by atoms with Gasteiger partial charge < -0.3 is 9.64 Å². The number of Topliss-reactive ketones (excluding diaryl/α,β-unsaturated/α-hetero) is 1. The fourth-order valence-corrected chi connectivity index (χ4v) is 1.97. The third-order valence-electron chi connectivity index (χ3n) is 2.32. The lowest BCUT2D eigenvalue weighted by atomic mass is 10.0. The van der Waals surface area contributed by atoms with E-state index < -0.39 is 12.0 Å². The molecule has 0 aliphatic rings. The van der Waals surface area contributed by atoms with E-state index in [-0.39, 0.29) is 36.1 Å². The number of carbonyl (C=O) groups is 3. The van der Waals surface area contributed by atoms with E-state index in [1.165, 1.54) is 11.8 Å². The first-order valence-electron chi connectivity index (χ1n) is 5.86. The molecule has 0 aliphatic heterocycles. The summed E-state index contributed by atoms with van der Waals surface area (Å²) < 4.78 is 4.96. The molecule has 0 aromatic heterocycles. The largest absolute Gasteiger partial charge is 0.464 e. The van der Waals surface area contributed by atoms with E-state index in [1.807, 2.05) is 13.8 Å². The molecule has 1 atom stereocenters. The fraction of sp³-hybridized carbons (Fsp3) is 0.750. The number of esters is 1. The van der Waals surface area contributed by atoms with Gasteiger partial charge in [0.1, 0.15) is 11.8 Å². The second-order valence-electron chi connectivity index (χ2n) is 4.30. The number of alkyl halides is 1. The average molecular weight is 322 g/mol. The molecule has 0 N–H and O–H groups in total. The van der Waals surface area contributed by atoms with Gasteiger partial charge in [-0.05, 0) is 19.8 Å². The molecule has 0 aromatic carbocycles. The summed E-state index contributed by atoms with van der Waals surface area (Å²) in [4.78, 5) is 36.2. The van der Waals surface area contributed by atoms with Crippen LogP contribution in [0.1, 0.15) is 27.7 Å². The zero-order valence-electron chi connectivity index (χ0n) is 11.2. The van der Waals surface area contributed by atoms with Crippen LogP contribution >= 0.6 is 15.9 Å². The molecule has 0 spiro atoms. The third-order valence-corrected chi connectivity index (χ3v) is 2.80. The minimum absolute atomic E-state index is 0.0723. The highest BCUT2D eigenvalue weighted by Gasteiger charge is 2.33. The first kappa shape index (κ1) is 17.1. The van der Waals surface area contributed by atoms with Gasteiger partial charge in [0.2, 0.25) is 5.91 Å². The van der Waals surface area contributed by atoms with E-state index in [9.17, 15) is 14.4 Å². The van der Waals surface area contributed by atoms with Crippen molar-refractivity contribution in [2.24, 2.45) is 5.92 Å². The van der Waals surface area contributed by atoms with Gasteiger partial charge in [0.25, 0.3) is 0 Å². The molecule has 0 aromatic rings. The molecule has 0 rings (SSSR count). The van der Waals surface area contributed by atoms with E-state index in [2.05, 4.69) is 15.9 Å². The van der Waals surface area contributed by atoms with Crippen LogP contribution in [0.4, 0.5) is 0 Å². The molecule has 0 saturated carbocycles. The van der Waals surface area contributed by atoms with Gasteiger partial charge in [0.15, 0.2) is 0 Å². The summed E-state index contributed by atoms with van der Waals surface area (Å²) in [6, 6.07) is -0.723. The fourth-order valence-electron chi connectivity index (χ4n) is 1.65. The van der Waals surface area contributed by atoms with Gasteiger partial charge in [-0.15, -0.1) is 0 Å². The predicted octanol–water partition coefficient (Wildman–Crippen LogP) is 1.39. The Bertz CT molecular complexity index is 317. The van der Waals surface area contributed by atoms with Gasteiger partial charge >= 0.3 is 5.97 Å². The molecule has 0 unspecified atom stereocenters.